The van der Waals surface area contributed by atoms with Crippen molar-refractivity contribution in [2.24, 2.45) is 0 Å². The predicted octanol–water partition coefficient (Wildman–Crippen LogP) is 3.40. The molecule has 0 spiro atoms. The maximum atomic E-state index is 12.2. The molecule has 1 saturated heterocycles. The maximum Gasteiger partial charge on any atom is 0.238 e. The Labute approximate surface area is 154 Å². The maximum absolute atomic E-state index is 12.2. The van der Waals surface area contributed by atoms with Crippen LogP contribution in [0.3, 0.4) is 0 Å². The van der Waals surface area contributed by atoms with Crippen LogP contribution in [0.25, 0.3) is 0 Å². The number of piperazine rings is 1. The quantitative estimate of drug-likeness (QED) is 0.890. The highest BCUT2D eigenvalue weighted by atomic mass is 35.5. The zero-order valence-electron chi connectivity index (χ0n) is 14.5. The van der Waals surface area contributed by atoms with Gasteiger partial charge in [-0.05, 0) is 30.7 Å². The van der Waals surface area contributed by atoms with Crippen molar-refractivity contribution >= 4 is 23.2 Å². The molecular formula is C20H24ClN3O. The van der Waals surface area contributed by atoms with Gasteiger partial charge in [0.15, 0.2) is 0 Å². The fourth-order valence-corrected chi connectivity index (χ4v) is 3.22. The van der Waals surface area contributed by atoms with Crippen molar-refractivity contribution in [3.63, 3.8) is 0 Å². The molecule has 25 heavy (non-hydrogen) atoms. The summed E-state index contributed by atoms with van der Waals surface area (Å²) in [6.45, 7) is 7.30. The van der Waals surface area contributed by atoms with Gasteiger partial charge in [0.1, 0.15) is 0 Å². The van der Waals surface area contributed by atoms with Crippen molar-refractivity contribution < 1.29 is 4.79 Å². The summed E-state index contributed by atoms with van der Waals surface area (Å²) in [4.78, 5) is 16.8. The zero-order chi connectivity index (χ0) is 17.6. The minimum absolute atomic E-state index is 0.00857. The third-order valence-electron chi connectivity index (χ3n) is 4.47. The van der Waals surface area contributed by atoms with E-state index in [9.17, 15) is 4.79 Å². The molecule has 1 amide bonds. The summed E-state index contributed by atoms with van der Waals surface area (Å²) in [5, 5.41) is 3.54. The molecule has 5 heteroatoms. The number of nitrogens with zero attached hydrogens (tertiary/aromatic N) is 2. The lowest BCUT2D eigenvalue weighted by Crippen LogP contribution is -2.48. The van der Waals surface area contributed by atoms with Crippen LogP contribution in [0.1, 0.15) is 11.1 Å². The number of halogens is 1. The fourth-order valence-electron chi connectivity index (χ4n) is 3.03. The SMILES string of the molecule is Cc1ccc(CN2CCN(CC(=O)Nc3cccc(Cl)c3)CC2)cc1. The topological polar surface area (TPSA) is 35.6 Å². The first kappa shape index (κ1) is 17.9. The van der Waals surface area contributed by atoms with Crippen LogP contribution >= 0.6 is 11.6 Å². The molecule has 0 aliphatic carbocycles. The van der Waals surface area contributed by atoms with Crippen LogP contribution in [0, 0.1) is 6.92 Å². The molecule has 0 atom stereocenters. The van der Waals surface area contributed by atoms with Gasteiger partial charge < -0.3 is 5.32 Å². The first-order chi connectivity index (χ1) is 12.1. The lowest BCUT2D eigenvalue weighted by atomic mass is 10.1. The third kappa shape index (κ3) is 5.56. The average Bonchev–Trinajstić information content (AvgIpc) is 2.59. The molecule has 132 valence electrons. The van der Waals surface area contributed by atoms with Crippen LogP contribution in [-0.4, -0.2) is 48.4 Å². The molecule has 2 aromatic rings. The van der Waals surface area contributed by atoms with Gasteiger partial charge in [0.25, 0.3) is 0 Å². The van der Waals surface area contributed by atoms with Crippen molar-refractivity contribution in [1.29, 1.82) is 0 Å². The molecule has 1 heterocycles. The van der Waals surface area contributed by atoms with E-state index in [1.807, 2.05) is 12.1 Å². The van der Waals surface area contributed by atoms with Crippen molar-refractivity contribution in [2.75, 3.05) is 38.0 Å². The van der Waals surface area contributed by atoms with Crippen LogP contribution in [0.4, 0.5) is 5.69 Å². The van der Waals surface area contributed by atoms with E-state index in [-0.39, 0.29) is 5.91 Å². The van der Waals surface area contributed by atoms with E-state index in [1.165, 1.54) is 11.1 Å². The molecule has 1 fully saturated rings. The van der Waals surface area contributed by atoms with Crippen LogP contribution in [0.2, 0.25) is 5.02 Å². The molecule has 0 radical (unpaired) electrons. The smallest absolute Gasteiger partial charge is 0.238 e. The van der Waals surface area contributed by atoms with Gasteiger partial charge in [0.05, 0.1) is 6.54 Å². The molecule has 2 aromatic carbocycles. The van der Waals surface area contributed by atoms with E-state index in [0.29, 0.717) is 11.6 Å². The van der Waals surface area contributed by atoms with Gasteiger partial charge in [0, 0.05) is 43.4 Å². The van der Waals surface area contributed by atoms with Crippen molar-refractivity contribution in [1.82, 2.24) is 9.80 Å². The second-order valence-corrected chi connectivity index (χ2v) is 7.03. The molecule has 0 saturated carbocycles. The van der Waals surface area contributed by atoms with E-state index >= 15 is 0 Å². The van der Waals surface area contributed by atoms with Gasteiger partial charge >= 0.3 is 0 Å². The van der Waals surface area contributed by atoms with Crippen molar-refractivity contribution in [3.05, 3.63) is 64.7 Å². The second kappa shape index (κ2) is 8.48. The predicted molar refractivity (Wildman–Crippen MR) is 103 cm³/mol. The molecular weight excluding hydrogens is 334 g/mol. The Balaban J connectivity index is 1.42. The molecule has 1 N–H and O–H groups in total. The van der Waals surface area contributed by atoms with Gasteiger partial charge in [0.2, 0.25) is 5.91 Å². The summed E-state index contributed by atoms with van der Waals surface area (Å²) in [6, 6.07) is 16.0. The Morgan fingerprint density at radius 2 is 1.72 bits per heavy atom. The number of benzene rings is 2. The van der Waals surface area contributed by atoms with Crippen LogP contribution in [0.5, 0.6) is 0 Å². The van der Waals surface area contributed by atoms with Gasteiger partial charge in [-0.15, -0.1) is 0 Å². The van der Waals surface area contributed by atoms with E-state index < -0.39 is 0 Å². The molecule has 0 aromatic heterocycles. The highest BCUT2D eigenvalue weighted by Gasteiger charge is 2.19. The van der Waals surface area contributed by atoms with E-state index in [4.69, 9.17) is 11.6 Å². The van der Waals surface area contributed by atoms with E-state index in [0.717, 1.165) is 38.4 Å². The third-order valence-corrected chi connectivity index (χ3v) is 4.70. The van der Waals surface area contributed by atoms with Crippen LogP contribution < -0.4 is 5.32 Å². The van der Waals surface area contributed by atoms with Gasteiger partial charge in [-0.25, -0.2) is 0 Å². The molecule has 1 aliphatic heterocycles. The van der Waals surface area contributed by atoms with Gasteiger partial charge in [-0.2, -0.15) is 0 Å². The van der Waals surface area contributed by atoms with E-state index in [2.05, 4.69) is 46.3 Å². The Bertz CT molecular complexity index is 709. The average molecular weight is 358 g/mol. The summed E-state index contributed by atoms with van der Waals surface area (Å²) in [7, 11) is 0. The number of carbonyl (C=O) groups excluding carboxylic acids is 1. The van der Waals surface area contributed by atoms with E-state index in [1.54, 1.807) is 12.1 Å². The number of nitrogens with one attached hydrogen (secondary N) is 1. The monoisotopic (exact) mass is 357 g/mol. The van der Waals surface area contributed by atoms with Crippen molar-refractivity contribution in [2.45, 2.75) is 13.5 Å². The summed E-state index contributed by atoms with van der Waals surface area (Å²) >= 11 is 5.94. The highest BCUT2D eigenvalue weighted by Crippen LogP contribution is 2.15. The Kier molecular flexibility index (Phi) is 6.08. The summed E-state index contributed by atoms with van der Waals surface area (Å²) in [6.07, 6.45) is 0. The standard InChI is InChI=1S/C20H24ClN3O/c1-16-5-7-17(8-6-16)14-23-9-11-24(12-10-23)15-20(25)22-19-4-2-3-18(21)13-19/h2-8,13H,9-12,14-15H2,1H3,(H,22,25). The first-order valence-corrected chi connectivity index (χ1v) is 9.02. The van der Waals surface area contributed by atoms with Gasteiger partial charge in [-0.1, -0.05) is 47.5 Å². The zero-order valence-corrected chi connectivity index (χ0v) is 15.3. The summed E-state index contributed by atoms with van der Waals surface area (Å²) in [5.41, 5.74) is 3.38. The number of hydrogen-bond donors (Lipinski definition) is 1. The summed E-state index contributed by atoms with van der Waals surface area (Å²) < 4.78 is 0. The normalized spacial score (nSPS) is 15.9. The van der Waals surface area contributed by atoms with Crippen LogP contribution in [-0.2, 0) is 11.3 Å². The molecule has 3 rings (SSSR count). The van der Waals surface area contributed by atoms with Crippen molar-refractivity contribution in [3.8, 4) is 0 Å². The molecule has 1 aliphatic rings. The minimum atomic E-state index is 0.00857. The van der Waals surface area contributed by atoms with Gasteiger partial charge in [-0.3, -0.25) is 14.6 Å². The number of amides is 1. The number of aryl methyl sites for hydroxylation is 1. The summed E-state index contributed by atoms with van der Waals surface area (Å²) in [5.74, 6) is 0.00857. The molecule has 0 unspecified atom stereocenters. The lowest BCUT2D eigenvalue weighted by molar-refractivity contribution is -0.117. The highest BCUT2D eigenvalue weighted by molar-refractivity contribution is 6.30. The second-order valence-electron chi connectivity index (χ2n) is 6.60. The Morgan fingerprint density at radius 3 is 2.40 bits per heavy atom. The number of anilines is 1. The number of rotatable bonds is 5. The minimum Gasteiger partial charge on any atom is -0.325 e. The Morgan fingerprint density at radius 1 is 1.04 bits per heavy atom. The first-order valence-electron chi connectivity index (χ1n) is 8.64. The molecule has 4 nitrogen and oxygen atoms in total. The van der Waals surface area contributed by atoms with Crippen LogP contribution in [0.15, 0.2) is 48.5 Å². The number of hydrogen-bond acceptors (Lipinski definition) is 3. The lowest BCUT2D eigenvalue weighted by Gasteiger charge is -2.34. The Hall–Kier alpha value is -1.88. The fraction of sp³-hybridized carbons (Fsp3) is 0.350. The molecule has 0 bridgehead atoms. The number of carbonyl (C=O) groups is 1. The largest absolute Gasteiger partial charge is 0.325 e.